The van der Waals surface area contributed by atoms with Crippen LogP contribution in [0.2, 0.25) is 5.02 Å². The lowest BCUT2D eigenvalue weighted by molar-refractivity contribution is -0.384. The Morgan fingerprint density at radius 2 is 1.72 bits per heavy atom. The summed E-state index contributed by atoms with van der Waals surface area (Å²) in [6.45, 7) is 0. The summed E-state index contributed by atoms with van der Waals surface area (Å²) >= 11 is 6.37. The molecule has 0 radical (unpaired) electrons. The van der Waals surface area contributed by atoms with Crippen molar-refractivity contribution < 1.29 is 37.1 Å². The van der Waals surface area contributed by atoms with E-state index in [2.05, 4.69) is 15.4 Å². The van der Waals surface area contributed by atoms with Crippen molar-refractivity contribution in [1.82, 2.24) is 14.6 Å². The van der Waals surface area contributed by atoms with Crippen molar-refractivity contribution in [2.75, 3.05) is 19.5 Å². The van der Waals surface area contributed by atoms with Crippen LogP contribution in [0.3, 0.4) is 0 Å². The third kappa shape index (κ3) is 5.99. The zero-order valence-corrected chi connectivity index (χ0v) is 22.9. The number of methoxy groups -OCH3 is 2. The van der Waals surface area contributed by atoms with Gasteiger partial charge in [-0.1, -0.05) is 35.9 Å². The van der Waals surface area contributed by atoms with E-state index in [-0.39, 0.29) is 22.9 Å². The van der Waals surface area contributed by atoms with Crippen LogP contribution in [0.5, 0.6) is 23.0 Å². The molecule has 0 atom stereocenters. The van der Waals surface area contributed by atoms with Crippen LogP contribution < -0.4 is 19.5 Å². The molecule has 0 aliphatic heterocycles. The fourth-order valence-corrected chi connectivity index (χ4v) is 4.35. The summed E-state index contributed by atoms with van der Waals surface area (Å²) in [6, 6.07) is 17.0. The lowest BCUT2D eigenvalue weighted by Crippen LogP contribution is -2.16. The molecule has 0 spiro atoms. The van der Waals surface area contributed by atoms with Crippen LogP contribution in [-0.4, -0.2) is 39.6 Å². The molecule has 0 saturated heterocycles. The lowest BCUT2D eigenvalue weighted by atomic mass is 10.1. The Morgan fingerprint density at radius 3 is 2.40 bits per heavy atom. The zero-order valence-electron chi connectivity index (χ0n) is 22.2. The minimum Gasteiger partial charge on any atom is -0.497 e. The number of nitro benzene ring substituents is 1. The number of fused-ring (bicyclic) bond motifs is 1. The molecular formula is C28H19ClF3N5O6. The molecule has 11 nitrogen and oxygen atoms in total. The molecular weight excluding hydrogens is 595 g/mol. The number of alkyl halides is 3. The summed E-state index contributed by atoms with van der Waals surface area (Å²) in [5, 5.41) is 17.3. The number of hydrogen-bond donors (Lipinski definition) is 1. The normalized spacial score (nSPS) is 11.3. The Balaban J connectivity index is 1.54. The molecule has 2 heterocycles. The van der Waals surface area contributed by atoms with Gasteiger partial charge in [-0.3, -0.25) is 14.9 Å². The number of non-ortho nitro benzene ring substituents is 1. The van der Waals surface area contributed by atoms with Gasteiger partial charge in [-0.05, 0) is 30.3 Å². The zero-order chi connectivity index (χ0) is 30.9. The number of hydrogen-bond acceptors (Lipinski definition) is 8. The maximum absolute atomic E-state index is 14.1. The van der Waals surface area contributed by atoms with Crippen LogP contribution >= 0.6 is 11.6 Å². The minimum atomic E-state index is -4.90. The van der Waals surface area contributed by atoms with E-state index in [1.807, 2.05) is 0 Å². The molecule has 0 fully saturated rings. The number of ether oxygens (including phenoxy) is 3. The number of rotatable bonds is 8. The van der Waals surface area contributed by atoms with Crippen molar-refractivity contribution in [2.24, 2.45) is 0 Å². The van der Waals surface area contributed by atoms with Gasteiger partial charge in [-0.15, -0.1) is 0 Å². The highest BCUT2D eigenvalue weighted by atomic mass is 35.5. The summed E-state index contributed by atoms with van der Waals surface area (Å²) in [5.74, 6) is -0.103. The highest BCUT2D eigenvalue weighted by Gasteiger charge is 2.37. The van der Waals surface area contributed by atoms with Crippen molar-refractivity contribution in [3.8, 4) is 34.3 Å². The summed E-state index contributed by atoms with van der Waals surface area (Å²) < 4.78 is 58.8. The van der Waals surface area contributed by atoms with E-state index in [4.69, 9.17) is 25.8 Å². The van der Waals surface area contributed by atoms with Gasteiger partial charge in [0.1, 0.15) is 16.5 Å². The van der Waals surface area contributed by atoms with E-state index in [9.17, 15) is 28.1 Å². The van der Waals surface area contributed by atoms with E-state index in [0.717, 1.165) is 18.2 Å². The first kappa shape index (κ1) is 29.1. The Labute approximate surface area is 245 Å². The predicted octanol–water partition coefficient (Wildman–Crippen LogP) is 7.04. The number of halogens is 4. The highest BCUT2D eigenvalue weighted by molar-refractivity contribution is 6.37. The van der Waals surface area contributed by atoms with Crippen molar-refractivity contribution >= 4 is 34.5 Å². The second kappa shape index (κ2) is 11.5. The molecule has 0 saturated carbocycles. The molecule has 0 aliphatic rings. The number of nitrogens with one attached hydrogen (secondary N) is 1. The molecule has 15 heteroatoms. The van der Waals surface area contributed by atoms with Gasteiger partial charge in [0.2, 0.25) is 0 Å². The predicted molar refractivity (Wildman–Crippen MR) is 149 cm³/mol. The maximum Gasteiger partial charge on any atom is 0.433 e. The molecule has 0 aliphatic carbocycles. The van der Waals surface area contributed by atoms with Gasteiger partial charge in [0.25, 0.3) is 11.6 Å². The summed E-state index contributed by atoms with van der Waals surface area (Å²) in [5.41, 5.74) is -2.61. The van der Waals surface area contributed by atoms with Crippen LogP contribution in [0.4, 0.5) is 24.5 Å². The fraction of sp³-hybridized carbons (Fsp3) is 0.107. The Hall–Kier alpha value is -5.37. The SMILES string of the molecule is COc1cccc(-c2cc(C(F)(F)F)n3nc(C(=O)Nc4cc(Oc5ccccc5OC)cc([N+](=O)[O-])c4)c(Cl)c3n2)c1. The quantitative estimate of drug-likeness (QED) is 0.146. The Bertz CT molecular complexity index is 1880. The van der Waals surface area contributed by atoms with E-state index in [0.29, 0.717) is 21.6 Å². The smallest absolute Gasteiger partial charge is 0.433 e. The fourth-order valence-electron chi connectivity index (χ4n) is 4.11. The highest BCUT2D eigenvalue weighted by Crippen LogP contribution is 2.37. The molecule has 0 bridgehead atoms. The van der Waals surface area contributed by atoms with Gasteiger partial charge in [0.05, 0.1) is 36.6 Å². The number of nitro groups is 1. The van der Waals surface area contributed by atoms with Crippen molar-refractivity contribution in [3.05, 3.63) is 99.3 Å². The van der Waals surface area contributed by atoms with Crippen LogP contribution in [0.25, 0.3) is 16.9 Å². The first-order valence-electron chi connectivity index (χ1n) is 12.2. The van der Waals surface area contributed by atoms with Gasteiger partial charge >= 0.3 is 6.18 Å². The third-order valence-corrected chi connectivity index (χ3v) is 6.41. The molecule has 2 aromatic heterocycles. The number of para-hydroxylation sites is 2. The molecule has 5 rings (SSSR count). The maximum atomic E-state index is 14.1. The number of nitrogens with zero attached hydrogens (tertiary/aromatic N) is 4. The molecule has 220 valence electrons. The number of benzene rings is 3. The number of amides is 1. The largest absolute Gasteiger partial charge is 0.497 e. The number of carbonyl (C=O) groups excluding carboxylic acids is 1. The Morgan fingerprint density at radius 1 is 0.977 bits per heavy atom. The molecule has 3 aromatic carbocycles. The Kier molecular flexibility index (Phi) is 7.78. The first-order chi connectivity index (χ1) is 20.5. The molecule has 1 N–H and O–H groups in total. The molecule has 1 amide bonds. The molecule has 43 heavy (non-hydrogen) atoms. The van der Waals surface area contributed by atoms with Crippen molar-refractivity contribution in [2.45, 2.75) is 6.18 Å². The summed E-state index contributed by atoms with van der Waals surface area (Å²) in [4.78, 5) is 28.3. The topological polar surface area (TPSA) is 130 Å². The van der Waals surface area contributed by atoms with Crippen molar-refractivity contribution in [1.29, 1.82) is 0 Å². The number of aromatic nitrogens is 3. The van der Waals surface area contributed by atoms with Gasteiger partial charge in [-0.25, -0.2) is 9.50 Å². The van der Waals surface area contributed by atoms with E-state index in [1.165, 1.54) is 32.4 Å². The van der Waals surface area contributed by atoms with E-state index >= 15 is 0 Å². The first-order valence-corrected chi connectivity index (χ1v) is 12.6. The third-order valence-electron chi connectivity index (χ3n) is 6.06. The number of carbonyl (C=O) groups is 1. The summed E-state index contributed by atoms with van der Waals surface area (Å²) in [7, 11) is 2.82. The lowest BCUT2D eigenvalue weighted by Gasteiger charge is -2.11. The average molecular weight is 614 g/mol. The van der Waals surface area contributed by atoms with E-state index < -0.39 is 44.8 Å². The van der Waals surface area contributed by atoms with Gasteiger partial charge < -0.3 is 19.5 Å². The van der Waals surface area contributed by atoms with Crippen LogP contribution in [0.1, 0.15) is 16.2 Å². The molecule has 5 aromatic rings. The average Bonchev–Trinajstić information content (AvgIpc) is 3.32. The minimum absolute atomic E-state index is 0.0287. The molecule has 0 unspecified atom stereocenters. The van der Waals surface area contributed by atoms with Crippen LogP contribution in [0, 0.1) is 10.1 Å². The van der Waals surface area contributed by atoms with Gasteiger partial charge in [-0.2, -0.15) is 18.3 Å². The standard InChI is InChI=1S/C28H19ClF3N5O6/c1-41-18-7-5-6-15(10-18)20-14-23(28(30,31)32)36-26(34-20)24(29)25(35-36)27(38)33-16-11-17(37(39)40)13-19(12-16)43-22-9-4-3-8-21(22)42-2/h3-14H,1-2H3,(H,33,38). The summed E-state index contributed by atoms with van der Waals surface area (Å²) in [6.07, 6.45) is -4.90. The van der Waals surface area contributed by atoms with Crippen LogP contribution in [-0.2, 0) is 6.18 Å². The van der Waals surface area contributed by atoms with Crippen molar-refractivity contribution in [3.63, 3.8) is 0 Å². The second-order valence-corrected chi connectivity index (χ2v) is 9.21. The second-order valence-electron chi connectivity index (χ2n) is 8.83. The van der Waals surface area contributed by atoms with Gasteiger partial charge in [0.15, 0.2) is 28.5 Å². The number of anilines is 1. The monoisotopic (exact) mass is 613 g/mol. The van der Waals surface area contributed by atoms with E-state index in [1.54, 1.807) is 36.4 Å². The van der Waals surface area contributed by atoms with Crippen LogP contribution in [0.15, 0.2) is 72.8 Å². The van der Waals surface area contributed by atoms with Gasteiger partial charge in [0, 0.05) is 17.7 Å².